The van der Waals surface area contributed by atoms with Crippen molar-refractivity contribution in [3.8, 4) is 17.2 Å². The van der Waals surface area contributed by atoms with Crippen LogP contribution in [0.2, 0.25) is 0 Å². The van der Waals surface area contributed by atoms with Crippen LogP contribution in [0.5, 0.6) is 5.75 Å². The number of carbonyl (C=O) groups excluding carboxylic acids is 1. The Balaban J connectivity index is 2.29. The third-order valence-corrected chi connectivity index (χ3v) is 2.91. The van der Waals surface area contributed by atoms with Crippen LogP contribution in [0.15, 0.2) is 28.7 Å². The molecule has 0 spiro atoms. The van der Waals surface area contributed by atoms with Gasteiger partial charge in [-0.15, -0.1) is 0 Å². The van der Waals surface area contributed by atoms with E-state index in [0.29, 0.717) is 31.2 Å². The highest BCUT2D eigenvalue weighted by molar-refractivity contribution is 5.88. The molecule has 0 unspecified atom stereocenters. The predicted molar refractivity (Wildman–Crippen MR) is 78.4 cm³/mol. The lowest BCUT2D eigenvalue weighted by Crippen LogP contribution is -2.05. The first kappa shape index (κ1) is 15.1. The molecule has 0 bridgehead atoms. The van der Waals surface area contributed by atoms with Gasteiger partial charge in [0.1, 0.15) is 5.75 Å². The molecule has 1 aromatic carbocycles. The Morgan fingerprint density at radius 2 is 1.86 bits per heavy atom. The van der Waals surface area contributed by atoms with Crippen LogP contribution in [0.3, 0.4) is 0 Å². The van der Waals surface area contributed by atoms with Crippen LogP contribution in [0, 0.1) is 0 Å². The van der Waals surface area contributed by atoms with Crippen molar-refractivity contribution in [1.29, 1.82) is 0 Å². The average Bonchev–Trinajstić information content (AvgIpc) is 2.93. The number of benzene rings is 1. The summed E-state index contributed by atoms with van der Waals surface area (Å²) in [6, 6.07) is 7.40. The molecule has 0 saturated heterocycles. The molecule has 1 heterocycles. The minimum atomic E-state index is -0.473. The predicted octanol–water partition coefficient (Wildman–Crippen LogP) is 3.48. The van der Waals surface area contributed by atoms with Crippen molar-refractivity contribution >= 4 is 5.97 Å². The lowest BCUT2D eigenvalue weighted by atomic mass is 10.2. The molecule has 0 amide bonds. The second-order valence-corrected chi connectivity index (χ2v) is 4.33. The van der Waals surface area contributed by atoms with E-state index in [1.165, 1.54) is 0 Å². The van der Waals surface area contributed by atoms with Gasteiger partial charge >= 0.3 is 5.97 Å². The van der Waals surface area contributed by atoms with E-state index < -0.39 is 5.97 Å². The van der Waals surface area contributed by atoms with Crippen LogP contribution in [-0.2, 0) is 11.2 Å². The molecule has 112 valence electrons. The van der Waals surface area contributed by atoms with Crippen LogP contribution in [0.4, 0.5) is 0 Å². The Kier molecular flexibility index (Phi) is 4.98. The lowest BCUT2D eigenvalue weighted by molar-refractivity contribution is 0.0489. The summed E-state index contributed by atoms with van der Waals surface area (Å²) in [4.78, 5) is 16.2. The van der Waals surface area contributed by atoms with Gasteiger partial charge in [-0.05, 0) is 44.5 Å². The average molecular weight is 289 g/mol. The van der Waals surface area contributed by atoms with E-state index in [1.807, 2.05) is 38.1 Å². The summed E-state index contributed by atoms with van der Waals surface area (Å²) < 4.78 is 15.9. The van der Waals surface area contributed by atoms with Gasteiger partial charge in [0, 0.05) is 5.56 Å². The zero-order valence-corrected chi connectivity index (χ0v) is 12.5. The maximum atomic E-state index is 11.8. The molecule has 0 radical (unpaired) electrons. The molecule has 5 nitrogen and oxygen atoms in total. The van der Waals surface area contributed by atoms with Gasteiger partial charge in [-0.2, -0.15) is 0 Å². The smallest absolute Gasteiger partial charge is 0.376 e. The van der Waals surface area contributed by atoms with Gasteiger partial charge in [-0.25, -0.2) is 9.78 Å². The number of aryl methyl sites for hydroxylation is 1. The van der Waals surface area contributed by atoms with Gasteiger partial charge in [-0.3, -0.25) is 0 Å². The van der Waals surface area contributed by atoms with E-state index in [1.54, 1.807) is 6.92 Å². The molecule has 1 aromatic heterocycles. The normalized spacial score (nSPS) is 10.4. The topological polar surface area (TPSA) is 61.6 Å². The molecule has 21 heavy (non-hydrogen) atoms. The van der Waals surface area contributed by atoms with Gasteiger partial charge in [0.15, 0.2) is 0 Å². The van der Waals surface area contributed by atoms with Gasteiger partial charge in [0.2, 0.25) is 11.7 Å². The Labute approximate surface area is 123 Å². The number of oxazole rings is 1. The molecular formula is C16H19NO4. The first-order chi connectivity index (χ1) is 10.2. The summed E-state index contributed by atoms with van der Waals surface area (Å²) in [5.41, 5.74) is 1.40. The van der Waals surface area contributed by atoms with Crippen molar-refractivity contribution in [3.05, 3.63) is 35.7 Å². The van der Waals surface area contributed by atoms with Crippen molar-refractivity contribution in [2.24, 2.45) is 0 Å². The van der Waals surface area contributed by atoms with Crippen LogP contribution < -0.4 is 4.74 Å². The van der Waals surface area contributed by atoms with Gasteiger partial charge in [-0.1, -0.05) is 6.92 Å². The van der Waals surface area contributed by atoms with Crippen molar-refractivity contribution in [1.82, 2.24) is 4.98 Å². The number of hydrogen-bond donors (Lipinski definition) is 0. The summed E-state index contributed by atoms with van der Waals surface area (Å²) >= 11 is 0. The van der Waals surface area contributed by atoms with Crippen molar-refractivity contribution < 1.29 is 18.7 Å². The van der Waals surface area contributed by atoms with E-state index in [-0.39, 0.29) is 5.76 Å². The number of hydrogen-bond acceptors (Lipinski definition) is 5. The molecule has 0 aliphatic heterocycles. The zero-order chi connectivity index (χ0) is 15.2. The summed E-state index contributed by atoms with van der Waals surface area (Å²) in [6.45, 7) is 6.53. The molecule has 5 heteroatoms. The second-order valence-electron chi connectivity index (χ2n) is 4.33. The molecule has 0 aliphatic rings. The Morgan fingerprint density at radius 3 is 2.43 bits per heavy atom. The SMILES string of the molecule is CCOC(=O)c1oc(-c2ccc(OCC)cc2)nc1CC. The molecule has 0 atom stereocenters. The van der Waals surface area contributed by atoms with E-state index in [9.17, 15) is 4.79 Å². The number of aromatic nitrogens is 1. The fourth-order valence-corrected chi connectivity index (χ4v) is 1.93. The van der Waals surface area contributed by atoms with Crippen LogP contribution >= 0.6 is 0 Å². The fraction of sp³-hybridized carbons (Fsp3) is 0.375. The van der Waals surface area contributed by atoms with Gasteiger partial charge < -0.3 is 13.9 Å². The van der Waals surface area contributed by atoms with E-state index in [0.717, 1.165) is 11.3 Å². The monoisotopic (exact) mass is 289 g/mol. The minimum absolute atomic E-state index is 0.184. The highest BCUT2D eigenvalue weighted by Crippen LogP contribution is 2.25. The summed E-state index contributed by atoms with van der Waals surface area (Å²) in [7, 11) is 0. The quantitative estimate of drug-likeness (QED) is 0.762. The van der Waals surface area contributed by atoms with Crippen LogP contribution in [0.1, 0.15) is 37.0 Å². The highest BCUT2D eigenvalue weighted by atomic mass is 16.5. The van der Waals surface area contributed by atoms with Crippen molar-refractivity contribution in [3.63, 3.8) is 0 Å². The summed E-state index contributed by atoms with van der Waals surface area (Å²) in [5.74, 6) is 0.911. The summed E-state index contributed by atoms with van der Waals surface area (Å²) in [6.07, 6.45) is 0.606. The van der Waals surface area contributed by atoms with E-state index >= 15 is 0 Å². The number of rotatable bonds is 6. The third-order valence-electron chi connectivity index (χ3n) is 2.91. The number of carbonyl (C=O) groups is 1. The van der Waals surface area contributed by atoms with Crippen LogP contribution in [0.25, 0.3) is 11.5 Å². The molecule has 0 aliphatic carbocycles. The maximum Gasteiger partial charge on any atom is 0.376 e. The zero-order valence-electron chi connectivity index (χ0n) is 12.5. The van der Waals surface area contributed by atoms with Gasteiger partial charge in [0.25, 0.3) is 0 Å². The fourth-order valence-electron chi connectivity index (χ4n) is 1.93. The first-order valence-corrected chi connectivity index (χ1v) is 7.09. The number of nitrogens with zero attached hydrogens (tertiary/aromatic N) is 1. The molecule has 2 aromatic rings. The molecule has 2 rings (SSSR count). The van der Waals surface area contributed by atoms with Gasteiger partial charge in [0.05, 0.1) is 18.9 Å². The first-order valence-electron chi connectivity index (χ1n) is 7.09. The molecule has 0 saturated carbocycles. The van der Waals surface area contributed by atoms with E-state index in [4.69, 9.17) is 13.9 Å². The molecular weight excluding hydrogens is 270 g/mol. The molecule has 0 fully saturated rings. The minimum Gasteiger partial charge on any atom is -0.494 e. The van der Waals surface area contributed by atoms with E-state index in [2.05, 4.69) is 4.98 Å². The highest BCUT2D eigenvalue weighted by Gasteiger charge is 2.20. The molecule has 0 N–H and O–H groups in total. The largest absolute Gasteiger partial charge is 0.494 e. The van der Waals surface area contributed by atoms with Crippen molar-refractivity contribution in [2.75, 3.05) is 13.2 Å². The van der Waals surface area contributed by atoms with Crippen molar-refractivity contribution in [2.45, 2.75) is 27.2 Å². The number of ether oxygens (including phenoxy) is 2. The van der Waals surface area contributed by atoms with Crippen LogP contribution in [-0.4, -0.2) is 24.2 Å². The Bertz CT molecular complexity index is 601. The third kappa shape index (κ3) is 3.42. The number of esters is 1. The second kappa shape index (κ2) is 6.92. The maximum absolute atomic E-state index is 11.8. The lowest BCUT2D eigenvalue weighted by Gasteiger charge is -2.02. The standard InChI is InChI=1S/C16H19NO4/c1-4-13-14(16(18)20-6-3)21-15(17-13)11-7-9-12(10-8-11)19-5-2/h7-10H,4-6H2,1-3H3. The summed E-state index contributed by atoms with van der Waals surface area (Å²) in [5, 5.41) is 0. The Morgan fingerprint density at radius 1 is 1.14 bits per heavy atom. The Hall–Kier alpha value is -2.30.